The maximum absolute atomic E-state index is 12.9. The van der Waals surface area contributed by atoms with Crippen LogP contribution in [0.4, 0.5) is 5.69 Å². The minimum atomic E-state index is -0.540. The van der Waals surface area contributed by atoms with Gasteiger partial charge in [-0.3, -0.25) is 14.9 Å². The van der Waals surface area contributed by atoms with E-state index in [9.17, 15) is 19.7 Å². The summed E-state index contributed by atoms with van der Waals surface area (Å²) >= 11 is 0. The monoisotopic (exact) mass is 416 g/mol. The van der Waals surface area contributed by atoms with E-state index in [0.717, 1.165) is 24.0 Å². The van der Waals surface area contributed by atoms with E-state index in [2.05, 4.69) is 0 Å². The first kappa shape index (κ1) is 20.4. The summed E-state index contributed by atoms with van der Waals surface area (Å²) in [6, 6.07) is 13.8. The van der Waals surface area contributed by atoms with Crippen molar-refractivity contribution in [2.75, 3.05) is 6.61 Å². The van der Waals surface area contributed by atoms with Crippen LogP contribution >= 0.6 is 0 Å². The second-order valence-corrected chi connectivity index (χ2v) is 7.48. The summed E-state index contributed by atoms with van der Waals surface area (Å²) in [6.07, 6.45) is 4.09. The number of nitrogens with zero attached hydrogens (tertiary/aromatic N) is 2. The van der Waals surface area contributed by atoms with Gasteiger partial charge < -0.3 is 4.74 Å². The summed E-state index contributed by atoms with van der Waals surface area (Å²) in [7, 11) is 0. The number of rotatable bonds is 5. The number of Topliss-reactive ketones (excluding diaryl/α,β-unsaturated/α-hetero) is 1. The first-order valence-corrected chi connectivity index (χ1v) is 9.97. The Bertz CT molecular complexity index is 1250. The standard InChI is InChI=1S/C24H20N2O5/c1-15(27)14-31-24(28)22-19-9-2-3-11-21(19)25-23-17(7-5-10-20(22)23)12-16-6-4-8-18(13-16)26(29)30/h2-4,6,8-9,11-13H,5,7,10,14H2,1H3/b17-12+. The highest BCUT2D eigenvalue weighted by atomic mass is 16.6. The molecule has 0 aliphatic heterocycles. The highest BCUT2D eigenvalue weighted by molar-refractivity contribution is 6.07. The second kappa shape index (κ2) is 8.47. The van der Waals surface area contributed by atoms with Crippen LogP contribution in [-0.4, -0.2) is 28.3 Å². The highest BCUT2D eigenvalue weighted by Crippen LogP contribution is 2.36. The molecule has 1 aliphatic rings. The van der Waals surface area contributed by atoms with Crippen molar-refractivity contribution in [1.29, 1.82) is 0 Å². The van der Waals surface area contributed by atoms with Crippen LogP contribution in [0.15, 0.2) is 48.5 Å². The molecule has 0 unspecified atom stereocenters. The number of allylic oxidation sites excluding steroid dienone is 1. The van der Waals surface area contributed by atoms with Gasteiger partial charge in [0.05, 0.1) is 21.7 Å². The predicted molar refractivity (Wildman–Crippen MR) is 117 cm³/mol. The van der Waals surface area contributed by atoms with E-state index in [1.54, 1.807) is 12.1 Å². The molecule has 1 aliphatic carbocycles. The van der Waals surface area contributed by atoms with Gasteiger partial charge >= 0.3 is 5.97 Å². The fourth-order valence-electron chi connectivity index (χ4n) is 3.88. The normalized spacial score (nSPS) is 14.3. The number of hydrogen-bond acceptors (Lipinski definition) is 6. The van der Waals surface area contributed by atoms with Crippen molar-refractivity contribution in [3.63, 3.8) is 0 Å². The van der Waals surface area contributed by atoms with Crippen LogP contribution in [0.1, 0.15) is 46.9 Å². The molecule has 0 saturated carbocycles. The molecule has 0 bridgehead atoms. The number of esters is 1. The summed E-state index contributed by atoms with van der Waals surface area (Å²) in [5, 5.41) is 11.8. The van der Waals surface area contributed by atoms with Crippen LogP contribution in [0.3, 0.4) is 0 Å². The molecule has 1 aromatic heterocycles. The molecule has 0 amide bonds. The molecule has 2 aromatic carbocycles. The number of ketones is 1. The number of non-ortho nitro benzene ring substituents is 1. The zero-order chi connectivity index (χ0) is 22.0. The average Bonchev–Trinajstić information content (AvgIpc) is 2.76. The third kappa shape index (κ3) is 4.21. The van der Waals surface area contributed by atoms with Gasteiger partial charge in [-0.2, -0.15) is 0 Å². The van der Waals surface area contributed by atoms with Crippen molar-refractivity contribution in [3.05, 3.63) is 81.0 Å². The van der Waals surface area contributed by atoms with Crippen molar-refractivity contribution in [1.82, 2.24) is 4.98 Å². The summed E-state index contributed by atoms with van der Waals surface area (Å²) in [5.74, 6) is -0.770. The van der Waals surface area contributed by atoms with Crippen LogP contribution in [0.5, 0.6) is 0 Å². The van der Waals surface area contributed by atoms with Gasteiger partial charge in [0.1, 0.15) is 6.61 Å². The number of carbonyl (C=O) groups is 2. The second-order valence-electron chi connectivity index (χ2n) is 7.48. The van der Waals surface area contributed by atoms with Crippen LogP contribution in [-0.2, 0) is 16.0 Å². The number of aromatic nitrogens is 1. The van der Waals surface area contributed by atoms with Gasteiger partial charge in [-0.15, -0.1) is 0 Å². The fourth-order valence-corrected chi connectivity index (χ4v) is 3.88. The van der Waals surface area contributed by atoms with Crippen molar-refractivity contribution in [2.45, 2.75) is 26.2 Å². The van der Waals surface area contributed by atoms with E-state index in [1.165, 1.54) is 19.1 Å². The van der Waals surface area contributed by atoms with Crippen LogP contribution in [0, 0.1) is 10.1 Å². The quantitative estimate of drug-likeness (QED) is 0.338. The third-order valence-corrected chi connectivity index (χ3v) is 5.20. The molecule has 31 heavy (non-hydrogen) atoms. The zero-order valence-corrected chi connectivity index (χ0v) is 17.0. The van der Waals surface area contributed by atoms with Gasteiger partial charge in [0.2, 0.25) is 0 Å². The molecule has 0 spiro atoms. The maximum atomic E-state index is 12.9. The van der Waals surface area contributed by atoms with Gasteiger partial charge in [-0.1, -0.05) is 30.3 Å². The molecular weight excluding hydrogens is 396 g/mol. The topological polar surface area (TPSA) is 99.4 Å². The number of nitro benzene ring substituents is 1. The predicted octanol–water partition coefficient (Wildman–Crippen LogP) is 4.77. The number of ether oxygens (including phenoxy) is 1. The summed E-state index contributed by atoms with van der Waals surface area (Å²) in [6.45, 7) is 1.09. The molecule has 0 atom stereocenters. The summed E-state index contributed by atoms with van der Waals surface area (Å²) < 4.78 is 5.25. The SMILES string of the molecule is CC(=O)COC(=O)c1c2c(nc3ccccc13)/C(=C/c1cccc([N+](=O)[O-])c1)CCC2. The van der Waals surface area contributed by atoms with E-state index in [4.69, 9.17) is 9.72 Å². The highest BCUT2D eigenvalue weighted by Gasteiger charge is 2.26. The largest absolute Gasteiger partial charge is 0.454 e. The Kier molecular flexibility index (Phi) is 5.58. The molecule has 3 aromatic rings. The molecule has 0 N–H and O–H groups in total. The number of carbonyl (C=O) groups excluding carboxylic acids is 2. The number of hydrogen-bond donors (Lipinski definition) is 0. The molecule has 7 heteroatoms. The van der Waals surface area contributed by atoms with Crippen LogP contribution in [0.2, 0.25) is 0 Å². The molecule has 0 saturated heterocycles. The van der Waals surface area contributed by atoms with Crippen molar-refractivity contribution in [2.24, 2.45) is 0 Å². The summed E-state index contributed by atoms with van der Waals surface area (Å²) in [4.78, 5) is 39.7. The Morgan fingerprint density at radius 3 is 2.74 bits per heavy atom. The van der Waals surface area contributed by atoms with Gasteiger partial charge in [-0.05, 0) is 55.0 Å². The fraction of sp³-hybridized carbons (Fsp3) is 0.208. The molecule has 0 fully saturated rings. The van der Waals surface area contributed by atoms with Crippen LogP contribution < -0.4 is 0 Å². The number of nitro groups is 1. The lowest BCUT2D eigenvalue weighted by Crippen LogP contribution is -2.17. The number of para-hydroxylation sites is 1. The number of pyridine rings is 1. The minimum absolute atomic E-state index is 0.0188. The Morgan fingerprint density at radius 1 is 1.16 bits per heavy atom. The summed E-state index contributed by atoms with van der Waals surface area (Å²) in [5.41, 5.74) is 4.21. The average molecular weight is 416 g/mol. The van der Waals surface area contributed by atoms with Crippen LogP contribution in [0.25, 0.3) is 22.6 Å². The van der Waals surface area contributed by atoms with Crippen molar-refractivity contribution >= 4 is 40.0 Å². The van der Waals surface area contributed by atoms with E-state index in [-0.39, 0.29) is 18.1 Å². The first-order valence-electron chi connectivity index (χ1n) is 9.97. The smallest absolute Gasteiger partial charge is 0.339 e. The number of benzene rings is 2. The van der Waals surface area contributed by atoms with Gasteiger partial charge in [0.25, 0.3) is 5.69 Å². The lowest BCUT2D eigenvalue weighted by atomic mass is 9.86. The first-order chi connectivity index (χ1) is 14.9. The lowest BCUT2D eigenvalue weighted by Gasteiger charge is -2.22. The third-order valence-electron chi connectivity index (χ3n) is 5.20. The lowest BCUT2D eigenvalue weighted by molar-refractivity contribution is -0.384. The Balaban J connectivity index is 1.86. The van der Waals surface area contributed by atoms with E-state index in [1.807, 2.05) is 30.3 Å². The minimum Gasteiger partial charge on any atom is -0.454 e. The van der Waals surface area contributed by atoms with E-state index < -0.39 is 10.9 Å². The molecule has 156 valence electrons. The molecule has 0 radical (unpaired) electrons. The van der Waals surface area contributed by atoms with E-state index in [0.29, 0.717) is 34.1 Å². The Hall–Kier alpha value is -3.87. The van der Waals surface area contributed by atoms with Crippen molar-refractivity contribution < 1.29 is 19.2 Å². The van der Waals surface area contributed by atoms with Gasteiger partial charge in [0, 0.05) is 17.5 Å². The maximum Gasteiger partial charge on any atom is 0.339 e. The van der Waals surface area contributed by atoms with Gasteiger partial charge in [0.15, 0.2) is 5.78 Å². The number of fused-ring (bicyclic) bond motifs is 2. The van der Waals surface area contributed by atoms with Crippen molar-refractivity contribution in [3.8, 4) is 0 Å². The zero-order valence-electron chi connectivity index (χ0n) is 17.0. The molecule has 4 rings (SSSR count). The van der Waals surface area contributed by atoms with E-state index >= 15 is 0 Å². The van der Waals surface area contributed by atoms with Gasteiger partial charge in [-0.25, -0.2) is 9.78 Å². The molecule has 7 nitrogen and oxygen atoms in total. The molecule has 1 heterocycles. The Labute approximate surface area is 178 Å². The molecular formula is C24H20N2O5. The Morgan fingerprint density at radius 2 is 1.97 bits per heavy atom.